The lowest BCUT2D eigenvalue weighted by Crippen LogP contribution is -2.10. The molecule has 4 heterocycles. The molecule has 4 aromatic heterocycles. The zero-order valence-electron chi connectivity index (χ0n) is 26.3. The summed E-state index contributed by atoms with van der Waals surface area (Å²) in [5.41, 5.74) is 8.92. The standard InChI is InChI=1S/C41H34N2O4/c1-3-46-40(44)38-34(29-20-10-6-11-21-29)36(31-24-14-16-26-42(31)38)33(28-18-8-5-9-19-28)37-32-25-15-17-27-43(32)39(41(45)47-4-2)35(37)30-22-12-7-13-23-30/h5-27,33H,3-4H2,1-2H3. The number of carbonyl (C=O) groups is 2. The molecule has 0 saturated carbocycles. The van der Waals surface area contributed by atoms with Crippen LogP contribution in [-0.2, 0) is 9.47 Å². The van der Waals surface area contributed by atoms with Crippen molar-refractivity contribution >= 4 is 23.0 Å². The van der Waals surface area contributed by atoms with Crippen molar-refractivity contribution in [1.29, 1.82) is 0 Å². The van der Waals surface area contributed by atoms with Crippen molar-refractivity contribution in [2.24, 2.45) is 0 Å². The molecule has 0 fully saturated rings. The second-order valence-corrected chi connectivity index (χ2v) is 11.2. The van der Waals surface area contributed by atoms with Gasteiger partial charge in [-0.2, -0.15) is 0 Å². The first-order chi connectivity index (χ1) is 23.1. The smallest absolute Gasteiger partial charge is 0.355 e. The molecule has 6 nitrogen and oxygen atoms in total. The largest absolute Gasteiger partial charge is 0.461 e. The molecule has 0 radical (unpaired) electrons. The van der Waals surface area contributed by atoms with E-state index < -0.39 is 17.9 Å². The number of hydrogen-bond donors (Lipinski definition) is 0. The van der Waals surface area contributed by atoms with Crippen LogP contribution in [0.2, 0.25) is 0 Å². The maximum atomic E-state index is 13.9. The van der Waals surface area contributed by atoms with Crippen LogP contribution in [-0.4, -0.2) is 34.0 Å². The average molecular weight is 619 g/mol. The maximum Gasteiger partial charge on any atom is 0.355 e. The second-order valence-electron chi connectivity index (χ2n) is 11.2. The SMILES string of the molecule is CCOC(=O)c1c(-c2ccccc2)c(C(c2ccccc2)c2c(-c3ccccc3)c(C(=O)OCC)n3ccccc23)c2ccccn12. The molecule has 0 aliphatic carbocycles. The Morgan fingerprint density at radius 3 is 1.32 bits per heavy atom. The Morgan fingerprint density at radius 2 is 0.915 bits per heavy atom. The molecule has 7 rings (SSSR count). The van der Waals surface area contributed by atoms with Gasteiger partial charge in [-0.15, -0.1) is 0 Å². The summed E-state index contributed by atoms with van der Waals surface area (Å²) in [6.45, 7) is 4.13. The van der Waals surface area contributed by atoms with E-state index >= 15 is 0 Å². The lowest BCUT2D eigenvalue weighted by Gasteiger charge is -2.22. The first-order valence-corrected chi connectivity index (χ1v) is 15.9. The third-order valence-corrected chi connectivity index (χ3v) is 8.54. The highest BCUT2D eigenvalue weighted by Crippen LogP contribution is 2.49. The molecule has 0 atom stereocenters. The third-order valence-electron chi connectivity index (χ3n) is 8.54. The van der Waals surface area contributed by atoms with E-state index in [0.717, 1.165) is 50.0 Å². The number of rotatable bonds is 9. The van der Waals surface area contributed by atoms with Crippen LogP contribution in [0.1, 0.15) is 57.4 Å². The molecule has 3 aromatic carbocycles. The van der Waals surface area contributed by atoms with E-state index in [0.29, 0.717) is 11.4 Å². The van der Waals surface area contributed by atoms with E-state index in [1.807, 2.05) is 150 Å². The lowest BCUT2D eigenvalue weighted by molar-refractivity contribution is 0.0510. The predicted molar refractivity (Wildman–Crippen MR) is 185 cm³/mol. The zero-order chi connectivity index (χ0) is 32.3. The van der Waals surface area contributed by atoms with Crippen molar-refractivity contribution in [3.8, 4) is 22.3 Å². The van der Waals surface area contributed by atoms with E-state index in [-0.39, 0.29) is 13.2 Å². The third kappa shape index (κ3) is 5.18. The fourth-order valence-corrected chi connectivity index (χ4v) is 6.77. The Bertz CT molecular complexity index is 2060. The van der Waals surface area contributed by atoms with Crippen LogP contribution in [0, 0.1) is 0 Å². The van der Waals surface area contributed by atoms with Crippen molar-refractivity contribution in [2.45, 2.75) is 19.8 Å². The van der Waals surface area contributed by atoms with Gasteiger partial charge in [-0.1, -0.05) is 103 Å². The number of nitrogens with zero attached hydrogens (tertiary/aromatic N) is 2. The van der Waals surface area contributed by atoms with Crippen LogP contribution >= 0.6 is 0 Å². The van der Waals surface area contributed by atoms with Gasteiger partial charge in [-0.05, 0) is 65.9 Å². The topological polar surface area (TPSA) is 61.4 Å². The molecule has 0 saturated heterocycles. The van der Waals surface area contributed by atoms with E-state index in [2.05, 4.69) is 12.1 Å². The van der Waals surface area contributed by atoms with Gasteiger partial charge in [0, 0.05) is 29.4 Å². The van der Waals surface area contributed by atoms with Gasteiger partial charge < -0.3 is 18.3 Å². The normalized spacial score (nSPS) is 11.3. The first-order valence-electron chi connectivity index (χ1n) is 15.9. The Morgan fingerprint density at radius 1 is 0.532 bits per heavy atom. The molecule has 0 unspecified atom stereocenters. The van der Waals surface area contributed by atoms with Gasteiger partial charge in [0.25, 0.3) is 0 Å². The van der Waals surface area contributed by atoms with Crippen LogP contribution in [0.15, 0.2) is 140 Å². The van der Waals surface area contributed by atoms with E-state index in [1.165, 1.54) is 0 Å². The molecule has 0 amide bonds. The van der Waals surface area contributed by atoms with Crippen LogP contribution in [0.5, 0.6) is 0 Å². The first kappa shape index (κ1) is 29.8. The fourth-order valence-electron chi connectivity index (χ4n) is 6.77. The van der Waals surface area contributed by atoms with Gasteiger partial charge in [-0.25, -0.2) is 9.59 Å². The van der Waals surface area contributed by atoms with E-state index in [4.69, 9.17) is 9.47 Å². The minimum atomic E-state index is -0.414. The Labute approximate surface area is 273 Å². The number of fused-ring (bicyclic) bond motifs is 2. The van der Waals surface area contributed by atoms with Crippen LogP contribution < -0.4 is 0 Å². The summed E-state index contributed by atoms with van der Waals surface area (Å²) < 4.78 is 15.3. The van der Waals surface area contributed by atoms with Crippen molar-refractivity contribution in [2.75, 3.05) is 13.2 Å². The van der Waals surface area contributed by atoms with E-state index in [1.54, 1.807) is 0 Å². The minimum absolute atomic E-state index is 0.246. The van der Waals surface area contributed by atoms with Crippen LogP contribution in [0.3, 0.4) is 0 Å². The summed E-state index contributed by atoms with van der Waals surface area (Å²) in [7, 11) is 0. The predicted octanol–water partition coefficient (Wildman–Crippen LogP) is 9.06. The summed E-state index contributed by atoms with van der Waals surface area (Å²) in [6.07, 6.45) is 3.83. The average Bonchev–Trinajstić information content (AvgIpc) is 3.64. The highest BCUT2D eigenvalue weighted by molar-refractivity contribution is 6.04. The highest BCUT2D eigenvalue weighted by atomic mass is 16.5. The highest BCUT2D eigenvalue weighted by Gasteiger charge is 2.36. The molecular weight excluding hydrogens is 584 g/mol. The molecule has 232 valence electrons. The van der Waals surface area contributed by atoms with Crippen LogP contribution in [0.4, 0.5) is 0 Å². The van der Waals surface area contributed by atoms with Gasteiger partial charge in [0.05, 0.1) is 24.2 Å². The fraction of sp³-hybridized carbons (Fsp3) is 0.122. The molecule has 0 bridgehead atoms. The van der Waals surface area contributed by atoms with Gasteiger partial charge >= 0.3 is 11.9 Å². The molecular formula is C41H34N2O4. The molecule has 47 heavy (non-hydrogen) atoms. The quantitative estimate of drug-likeness (QED) is 0.152. The molecule has 0 N–H and O–H groups in total. The van der Waals surface area contributed by atoms with Crippen molar-refractivity contribution in [3.05, 3.63) is 168 Å². The lowest BCUT2D eigenvalue weighted by atomic mass is 9.79. The van der Waals surface area contributed by atoms with Crippen molar-refractivity contribution < 1.29 is 19.1 Å². The summed E-state index contributed by atoms with van der Waals surface area (Å²) in [6, 6.07) is 42.2. The molecule has 0 aliphatic rings. The maximum absolute atomic E-state index is 13.9. The number of aromatic nitrogens is 2. The number of carbonyl (C=O) groups excluding carboxylic acids is 2. The van der Waals surface area contributed by atoms with Gasteiger partial charge in [0.15, 0.2) is 0 Å². The summed E-state index contributed by atoms with van der Waals surface area (Å²) in [4.78, 5) is 27.8. The molecule has 0 aliphatic heterocycles. The van der Waals surface area contributed by atoms with Gasteiger partial charge in [0.2, 0.25) is 0 Å². The van der Waals surface area contributed by atoms with Crippen molar-refractivity contribution in [1.82, 2.24) is 8.80 Å². The second kappa shape index (κ2) is 12.9. The molecule has 7 aromatic rings. The zero-order valence-corrected chi connectivity index (χ0v) is 26.3. The van der Waals surface area contributed by atoms with Crippen molar-refractivity contribution in [3.63, 3.8) is 0 Å². The Kier molecular flexibility index (Phi) is 8.15. The number of pyridine rings is 2. The Balaban J connectivity index is 1.70. The minimum Gasteiger partial charge on any atom is -0.461 e. The number of ether oxygens (including phenoxy) is 2. The Hall–Kier alpha value is -5.88. The summed E-state index contributed by atoms with van der Waals surface area (Å²) in [5, 5.41) is 0. The number of hydrogen-bond acceptors (Lipinski definition) is 4. The summed E-state index contributed by atoms with van der Waals surface area (Å²) >= 11 is 0. The van der Waals surface area contributed by atoms with Gasteiger partial charge in [-0.3, -0.25) is 0 Å². The number of benzene rings is 3. The monoisotopic (exact) mass is 618 g/mol. The van der Waals surface area contributed by atoms with Crippen LogP contribution in [0.25, 0.3) is 33.3 Å². The molecule has 6 heteroatoms. The van der Waals surface area contributed by atoms with Gasteiger partial charge in [0.1, 0.15) is 11.4 Å². The summed E-state index contributed by atoms with van der Waals surface area (Å²) in [5.74, 6) is -1.21. The molecule has 0 spiro atoms. The number of esters is 2. The van der Waals surface area contributed by atoms with E-state index in [9.17, 15) is 9.59 Å².